The highest BCUT2D eigenvalue weighted by atomic mass is 127. The molecule has 0 fully saturated rings. The van der Waals surface area contributed by atoms with Gasteiger partial charge in [0.1, 0.15) is 18.5 Å². The van der Waals surface area contributed by atoms with E-state index in [2.05, 4.69) is 5.32 Å². The summed E-state index contributed by atoms with van der Waals surface area (Å²) in [6, 6.07) is 2.41. The standard InChI is InChI=1S/C27H39IN2O8/c1-16(2)27(35)30(8-6-10-37-17(3)4)21-13-19(26(34)29-7-9-31)14-22(24(21)33)38-25-20(28)11-18(15-32)12-23(25)36-5/h11-12,14-17,21-22,24,31,33H,6-10,13H2,1-5H3,(H,29,34). The zero-order chi connectivity index (χ0) is 28.4. The predicted molar refractivity (Wildman–Crippen MR) is 150 cm³/mol. The van der Waals surface area contributed by atoms with E-state index in [1.54, 1.807) is 24.8 Å². The predicted octanol–water partition coefficient (Wildman–Crippen LogP) is 2.33. The van der Waals surface area contributed by atoms with E-state index in [0.29, 0.717) is 52.1 Å². The first-order chi connectivity index (χ1) is 18.0. The minimum Gasteiger partial charge on any atom is -0.493 e. The highest BCUT2D eigenvalue weighted by Gasteiger charge is 2.41. The van der Waals surface area contributed by atoms with Crippen molar-refractivity contribution in [2.45, 2.75) is 64.9 Å². The molecule has 11 heteroatoms. The second kappa shape index (κ2) is 15.4. The highest BCUT2D eigenvalue weighted by Crippen LogP contribution is 2.37. The SMILES string of the molecule is COc1cc(C=O)cc(I)c1OC1C=C(C(=O)NCCO)CC(N(CCCOC(C)C)C(=O)C(C)C)C1O. The summed E-state index contributed by atoms with van der Waals surface area (Å²) >= 11 is 2.01. The van der Waals surface area contributed by atoms with Gasteiger partial charge in [-0.15, -0.1) is 0 Å². The minimum atomic E-state index is -1.16. The van der Waals surface area contributed by atoms with E-state index in [1.165, 1.54) is 19.3 Å². The smallest absolute Gasteiger partial charge is 0.247 e. The first-order valence-electron chi connectivity index (χ1n) is 12.7. The molecule has 3 atom stereocenters. The number of methoxy groups -OCH3 is 1. The second-order valence-corrected chi connectivity index (χ2v) is 10.8. The number of carbonyl (C=O) groups is 3. The van der Waals surface area contributed by atoms with Crippen LogP contribution in [0.5, 0.6) is 11.5 Å². The molecular formula is C27H39IN2O8. The van der Waals surface area contributed by atoms with Crippen molar-refractivity contribution in [1.82, 2.24) is 10.2 Å². The lowest BCUT2D eigenvalue weighted by Crippen LogP contribution is -2.56. The van der Waals surface area contributed by atoms with Gasteiger partial charge in [-0.2, -0.15) is 0 Å². The molecule has 0 saturated carbocycles. The lowest BCUT2D eigenvalue weighted by atomic mass is 9.87. The fraction of sp³-hybridized carbons (Fsp3) is 0.593. The average Bonchev–Trinajstić information content (AvgIpc) is 2.88. The Kier molecular flexibility index (Phi) is 13.0. The third-order valence-electron chi connectivity index (χ3n) is 6.03. The summed E-state index contributed by atoms with van der Waals surface area (Å²) in [6.45, 7) is 8.06. The number of halogens is 1. The van der Waals surface area contributed by atoms with Crippen LogP contribution in [0.1, 0.15) is 50.9 Å². The van der Waals surface area contributed by atoms with Crippen LogP contribution >= 0.6 is 22.6 Å². The van der Waals surface area contributed by atoms with Gasteiger partial charge in [0.15, 0.2) is 11.5 Å². The second-order valence-electron chi connectivity index (χ2n) is 9.63. The first-order valence-corrected chi connectivity index (χ1v) is 13.8. The molecule has 0 saturated heterocycles. The van der Waals surface area contributed by atoms with Gasteiger partial charge in [-0.1, -0.05) is 13.8 Å². The number of nitrogens with zero attached hydrogens (tertiary/aromatic N) is 1. The van der Waals surface area contributed by atoms with Crippen LogP contribution in [-0.4, -0.2) is 91.0 Å². The lowest BCUT2D eigenvalue weighted by Gasteiger charge is -2.41. The van der Waals surface area contributed by atoms with Gasteiger partial charge in [-0.3, -0.25) is 14.4 Å². The Morgan fingerprint density at radius 3 is 2.55 bits per heavy atom. The van der Waals surface area contributed by atoms with Crippen molar-refractivity contribution in [1.29, 1.82) is 0 Å². The van der Waals surface area contributed by atoms with Gasteiger partial charge in [-0.25, -0.2) is 0 Å². The summed E-state index contributed by atoms with van der Waals surface area (Å²) in [6.07, 6.45) is 0.792. The molecule has 0 radical (unpaired) electrons. The molecule has 3 N–H and O–H groups in total. The topological polar surface area (TPSA) is 135 Å². The Morgan fingerprint density at radius 1 is 1.26 bits per heavy atom. The third-order valence-corrected chi connectivity index (χ3v) is 6.83. The summed E-state index contributed by atoms with van der Waals surface area (Å²) in [5.74, 6) is -0.294. The van der Waals surface area contributed by atoms with E-state index in [1.807, 2.05) is 36.4 Å². The zero-order valence-corrected chi connectivity index (χ0v) is 24.8. The van der Waals surface area contributed by atoms with Crippen LogP contribution in [-0.2, 0) is 14.3 Å². The van der Waals surface area contributed by atoms with Crippen LogP contribution in [0.4, 0.5) is 0 Å². The Bertz CT molecular complexity index is 998. The van der Waals surface area contributed by atoms with Crippen molar-refractivity contribution < 1.29 is 38.8 Å². The van der Waals surface area contributed by atoms with Crippen molar-refractivity contribution in [3.05, 3.63) is 32.9 Å². The molecular weight excluding hydrogens is 607 g/mol. The molecule has 212 valence electrons. The van der Waals surface area contributed by atoms with E-state index in [0.717, 1.165) is 0 Å². The number of aldehydes is 1. The van der Waals surface area contributed by atoms with Crippen LogP contribution in [0, 0.1) is 9.49 Å². The van der Waals surface area contributed by atoms with E-state index < -0.39 is 24.2 Å². The van der Waals surface area contributed by atoms with Crippen LogP contribution in [0.2, 0.25) is 0 Å². The fourth-order valence-electron chi connectivity index (χ4n) is 4.16. The Balaban J connectivity index is 2.46. The van der Waals surface area contributed by atoms with Gasteiger partial charge in [0, 0.05) is 43.2 Å². The summed E-state index contributed by atoms with van der Waals surface area (Å²) in [4.78, 5) is 39.1. The summed E-state index contributed by atoms with van der Waals surface area (Å²) in [5, 5.41) is 23.3. The third kappa shape index (κ3) is 8.65. The summed E-state index contributed by atoms with van der Waals surface area (Å²) < 4.78 is 17.9. The molecule has 1 aromatic rings. The largest absolute Gasteiger partial charge is 0.493 e. The molecule has 1 aromatic carbocycles. The molecule has 1 aliphatic carbocycles. The maximum Gasteiger partial charge on any atom is 0.247 e. The number of benzene rings is 1. The number of aliphatic hydroxyl groups excluding tert-OH is 2. The van der Waals surface area contributed by atoms with E-state index in [4.69, 9.17) is 19.3 Å². The Hall–Kier alpha value is -2.22. The van der Waals surface area contributed by atoms with Crippen molar-refractivity contribution in [3.8, 4) is 11.5 Å². The van der Waals surface area contributed by atoms with Gasteiger partial charge in [-0.05, 0) is 61.1 Å². The number of nitrogens with one attached hydrogen (secondary N) is 1. The normalized spacial score (nSPS) is 19.2. The fourth-order valence-corrected chi connectivity index (χ4v) is 4.92. The van der Waals surface area contributed by atoms with Gasteiger partial charge in [0.2, 0.25) is 11.8 Å². The van der Waals surface area contributed by atoms with Crippen LogP contribution in [0.15, 0.2) is 23.8 Å². The molecule has 0 aliphatic heterocycles. The van der Waals surface area contributed by atoms with Crippen molar-refractivity contribution in [2.75, 3.05) is 33.4 Å². The summed E-state index contributed by atoms with van der Waals surface area (Å²) in [5.41, 5.74) is 0.731. The number of amides is 2. The lowest BCUT2D eigenvalue weighted by molar-refractivity contribution is -0.142. The minimum absolute atomic E-state index is 0.0510. The maximum atomic E-state index is 13.3. The first kappa shape index (κ1) is 32.0. The van der Waals surface area contributed by atoms with Gasteiger partial charge in [0.05, 0.1) is 29.4 Å². The molecule has 0 bridgehead atoms. The number of aliphatic hydroxyl groups is 2. The average molecular weight is 647 g/mol. The van der Waals surface area contributed by atoms with Crippen molar-refractivity contribution >= 4 is 40.7 Å². The number of ether oxygens (including phenoxy) is 3. The van der Waals surface area contributed by atoms with Crippen LogP contribution < -0.4 is 14.8 Å². The van der Waals surface area contributed by atoms with Gasteiger partial charge < -0.3 is 34.6 Å². The van der Waals surface area contributed by atoms with Crippen molar-refractivity contribution in [3.63, 3.8) is 0 Å². The number of hydrogen-bond acceptors (Lipinski definition) is 8. The number of hydrogen-bond donors (Lipinski definition) is 3. The monoisotopic (exact) mass is 646 g/mol. The quantitative estimate of drug-likeness (QED) is 0.159. The van der Waals surface area contributed by atoms with E-state index in [-0.39, 0.29) is 37.5 Å². The van der Waals surface area contributed by atoms with Crippen LogP contribution in [0.3, 0.4) is 0 Å². The molecule has 10 nitrogen and oxygen atoms in total. The number of carbonyl (C=O) groups excluding carboxylic acids is 3. The van der Waals surface area contributed by atoms with Crippen LogP contribution in [0.25, 0.3) is 0 Å². The Labute approximate surface area is 237 Å². The molecule has 2 rings (SSSR count). The molecule has 0 aromatic heterocycles. The highest BCUT2D eigenvalue weighted by molar-refractivity contribution is 14.1. The van der Waals surface area contributed by atoms with E-state index in [9.17, 15) is 19.5 Å². The molecule has 0 heterocycles. The Morgan fingerprint density at radius 2 is 1.97 bits per heavy atom. The van der Waals surface area contributed by atoms with Crippen molar-refractivity contribution in [2.24, 2.45) is 5.92 Å². The molecule has 2 amide bonds. The van der Waals surface area contributed by atoms with Gasteiger partial charge >= 0.3 is 0 Å². The maximum absolute atomic E-state index is 13.3. The molecule has 3 unspecified atom stereocenters. The molecule has 1 aliphatic rings. The van der Waals surface area contributed by atoms with Gasteiger partial charge in [0.25, 0.3) is 0 Å². The molecule has 38 heavy (non-hydrogen) atoms. The van der Waals surface area contributed by atoms with E-state index >= 15 is 0 Å². The zero-order valence-electron chi connectivity index (χ0n) is 22.6. The molecule has 0 spiro atoms. The summed E-state index contributed by atoms with van der Waals surface area (Å²) in [7, 11) is 1.44. The number of rotatable bonds is 14.